The number of carbonyl (C=O) groups is 1. The molecular formula is C10H13F6NO2. The summed E-state index contributed by atoms with van der Waals surface area (Å²) in [5.41, 5.74) is -4.56. The van der Waals surface area contributed by atoms with Crippen LogP contribution in [-0.2, 0) is 9.53 Å². The lowest BCUT2D eigenvalue weighted by Crippen LogP contribution is -2.65. The highest BCUT2D eigenvalue weighted by atomic mass is 19.4. The number of likely N-dealkylation sites (N-methyl/N-ethyl adjacent to an activating group) is 1. The predicted molar refractivity (Wildman–Crippen MR) is 51.9 cm³/mol. The second-order valence-electron chi connectivity index (χ2n) is 4.82. The Morgan fingerprint density at radius 3 is 1.89 bits per heavy atom. The quantitative estimate of drug-likeness (QED) is 0.579. The first kappa shape index (κ1) is 16.1. The van der Waals surface area contributed by atoms with E-state index >= 15 is 0 Å². The Hall–Kier alpha value is -0.990. The van der Waals surface area contributed by atoms with Gasteiger partial charge >= 0.3 is 24.0 Å². The lowest BCUT2D eigenvalue weighted by Gasteiger charge is -2.37. The monoisotopic (exact) mass is 293 g/mol. The molecule has 1 rings (SSSR count). The van der Waals surface area contributed by atoms with E-state index in [2.05, 4.69) is 4.74 Å². The molecule has 1 aliphatic rings. The molecule has 0 amide bonds. The van der Waals surface area contributed by atoms with Crippen LogP contribution in [0.2, 0.25) is 0 Å². The summed E-state index contributed by atoms with van der Waals surface area (Å²) in [6.45, 7) is 3.17. The lowest BCUT2D eigenvalue weighted by molar-refractivity contribution is -0.398. The van der Waals surface area contributed by atoms with Crippen molar-refractivity contribution in [2.45, 2.75) is 44.4 Å². The van der Waals surface area contributed by atoms with Gasteiger partial charge in [-0.05, 0) is 19.4 Å². The Bertz CT molecular complexity index is 348. The van der Waals surface area contributed by atoms with E-state index in [0.717, 1.165) is 0 Å². The summed E-state index contributed by atoms with van der Waals surface area (Å²) in [6, 6.07) is -1.57. The minimum absolute atomic E-state index is 0.0741. The van der Waals surface area contributed by atoms with Crippen molar-refractivity contribution in [3.05, 3.63) is 0 Å². The molecule has 0 aromatic heterocycles. The zero-order chi connectivity index (χ0) is 15.2. The molecule has 0 aliphatic carbocycles. The summed E-state index contributed by atoms with van der Waals surface area (Å²) in [4.78, 5) is 11.3. The van der Waals surface area contributed by atoms with E-state index in [1.807, 2.05) is 0 Å². The zero-order valence-corrected chi connectivity index (χ0v) is 10.4. The maximum absolute atomic E-state index is 12.8. The fourth-order valence-electron chi connectivity index (χ4n) is 2.04. The van der Waals surface area contributed by atoms with Crippen molar-refractivity contribution in [3.63, 3.8) is 0 Å². The van der Waals surface area contributed by atoms with Gasteiger partial charge in [-0.15, -0.1) is 0 Å². The Morgan fingerprint density at radius 1 is 1.21 bits per heavy atom. The van der Waals surface area contributed by atoms with Gasteiger partial charge in [-0.2, -0.15) is 26.3 Å². The van der Waals surface area contributed by atoms with E-state index < -0.39 is 30.1 Å². The number of halogens is 6. The third-order valence-electron chi connectivity index (χ3n) is 2.95. The van der Waals surface area contributed by atoms with Gasteiger partial charge < -0.3 is 4.74 Å². The van der Waals surface area contributed by atoms with E-state index in [4.69, 9.17) is 0 Å². The van der Waals surface area contributed by atoms with Gasteiger partial charge in [0.05, 0.1) is 0 Å². The molecule has 0 radical (unpaired) electrons. The highest BCUT2D eigenvalue weighted by Crippen LogP contribution is 2.51. The van der Waals surface area contributed by atoms with Gasteiger partial charge in [-0.3, -0.25) is 4.79 Å². The van der Waals surface area contributed by atoms with E-state index in [-0.39, 0.29) is 17.2 Å². The van der Waals surface area contributed by atoms with Crippen LogP contribution in [0.25, 0.3) is 0 Å². The van der Waals surface area contributed by atoms with E-state index in [0.29, 0.717) is 7.05 Å². The molecule has 0 N–H and O–H groups in total. The van der Waals surface area contributed by atoms with E-state index in [1.54, 1.807) is 13.8 Å². The number of alkyl halides is 6. The van der Waals surface area contributed by atoms with Crippen LogP contribution in [0.4, 0.5) is 26.3 Å². The van der Waals surface area contributed by atoms with Crippen LogP contribution in [0.5, 0.6) is 0 Å². The zero-order valence-electron chi connectivity index (χ0n) is 10.4. The highest BCUT2D eigenvalue weighted by Gasteiger charge is 2.80. The summed E-state index contributed by atoms with van der Waals surface area (Å²) in [6.07, 6.45) is -11.7. The van der Waals surface area contributed by atoms with Gasteiger partial charge in [0.1, 0.15) is 6.04 Å². The maximum Gasteiger partial charge on any atom is 0.453 e. The van der Waals surface area contributed by atoms with Crippen LogP contribution in [0.15, 0.2) is 0 Å². The first-order chi connectivity index (χ1) is 8.34. The molecule has 0 saturated carbocycles. The van der Waals surface area contributed by atoms with Crippen LogP contribution < -0.4 is 0 Å². The number of hydrogen-bond donors (Lipinski definition) is 0. The Balaban J connectivity index is 3.27. The van der Waals surface area contributed by atoms with Crippen LogP contribution >= 0.6 is 0 Å². The predicted octanol–water partition coefficient (Wildman–Crippen LogP) is 2.71. The molecule has 1 fully saturated rings. The second kappa shape index (κ2) is 4.53. The van der Waals surface area contributed by atoms with Crippen molar-refractivity contribution in [2.24, 2.45) is 5.92 Å². The molecule has 1 aliphatic heterocycles. The van der Waals surface area contributed by atoms with Crippen molar-refractivity contribution in [2.75, 3.05) is 7.05 Å². The van der Waals surface area contributed by atoms with Gasteiger partial charge in [-0.1, -0.05) is 13.8 Å². The molecule has 0 aromatic rings. The van der Waals surface area contributed by atoms with Gasteiger partial charge in [0.2, 0.25) is 0 Å². The number of ether oxygens (including phenoxy) is 1. The van der Waals surface area contributed by atoms with Gasteiger partial charge in [0, 0.05) is 0 Å². The summed E-state index contributed by atoms with van der Waals surface area (Å²) < 4.78 is 80.6. The molecule has 3 nitrogen and oxygen atoms in total. The Morgan fingerprint density at radius 2 is 1.63 bits per heavy atom. The van der Waals surface area contributed by atoms with Crippen LogP contribution in [0.3, 0.4) is 0 Å². The summed E-state index contributed by atoms with van der Waals surface area (Å²) in [5, 5.41) is 0. The normalized spacial score (nSPS) is 24.9. The van der Waals surface area contributed by atoms with Gasteiger partial charge in [0.15, 0.2) is 0 Å². The SMILES string of the molecule is CC(C)CC1C(=O)OC(C(F)(F)F)(C(F)(F)F)N1C. The topological polar surface area (TPSA) is 29.5 Å². The molecular weight excluding hydrogens is 280 g/mol. The number of carbonyl (C=O) groups excluding carboxylic acids is 1. The Labute approximate surface area is 105 Å². The molecule has 1 atom stereocenters. The first-order valence-corrected chi connectivity index (χ1v) is 5.44. The largest absolute Gasteiger partial charge is 0.453 e. The summed E-state index contributed by atoms with van der Waals surface area (Å²) in [5.74, 6) is -1.76. The third kappa shape index (κ3) is 2.39. The molecule has 1 unspecified atom stereocenters. The molecule has 1 heterocycles. The van der Waals surface area contributed by atoms with Crippen molar-refractivity contribution in [3.8, 4) is 0 Å². The van der Waals surface area contributed by atoms with E-state index in [1.165, 1.54) is 0 Å². The summed E-state index contributed by atoms with van der Waals surface area (Å²) >= 11 is 0. The molecule has 112 valence electrons. The van der Waals surface area contributed by atoms with Crippen LogP contribution in [0, 0.1) is 5.92 Å². The Kier molecular flexibility index (Phi) is 3.83. The first-order valence-electron chi connectivity index (χ1n) is 5.44. The fourth-order valence-corrected chi connectivity index (χ4v) is 2.04. The highest BCUT2D eigenvalue weighted by molar-refractivity contribution is 5.78. The average Bonchev–Trinajstić information content (AvgIpc) is 2.40. The van der Waals surface area contributed by atoms with Crippen molar-refractivity contribution in [1.82, 2.24) is 4.90 Å². The summed E-state index contributed by atoms with van der Waals surface area (Å²) in [7, 11) is 0.596. The van der Waals surface area contributed by atoms with Crippen molar-refractivity contribution in [1.29, 1.82) is 0 Å². The lowest BCUT2D eigenvalue weighted by atomic mass is 10.0. The fraction of sp³-hybridized carbons (Fsp3) is 0.900. The smallest absolute Gasteiger partial charge is 0.423 e. The van der Waals surface area contributed by atoms with Crippen LogP contribution in [0.1, 0.15) is 20.3 Å². The standard InChI is InChI=1S/C10H13F6NO2/c1-5(2)4-6-7(18)19-8(17(6)3,9(11,12)13)10(14,15)16/h5-6H,4H2,1-3H3. The molecule has 1 saturated heterocycles. The molecule has 0 spiro atoms. The molecule has 19 heavy (non-hydrogen) atoms. The number of rotatable bonds is 2. The number of cyclic esters (lactones) is 1. The van der Waals surface area contributed by atoms with Crippen molar-refractivity contribution >= 4 is 5.97 Å². The molecule has 0 bridgehead atoms. The molecule has 0 aromatic carbocycles. The van der Waals surface area contributed by atoms with E-state index in [9.17, 15) is 31.1 Å². The molecule has 9 heteroatoms. The van der Waals surface area contributed by atoms with Crippen LogP contribution in [-0.4, -0.2) is 42.0 Å². The van der Waals surface area contributed by atoms with Gasteiger partial charge in [-0.25, -0.2) is 4.90 Å². The number of hydrogen-bond acceptors (Lipinski definition) is 3. The maximum atomic E-state index is 12.8. The number of esters is 1. The minimum atomic E-state index is -5.76. The number of nitrogens with zero attached hydrogens (tertiary/aromatic N) is 1. The second-order valence-corrected chi connectivity index (χ2v) is 4.82. The minimum Gasteiger partial charge on any atom is -0.423 e. The van der Waals surface area contributed by atoms with Crippen molar-refractivity contribution < 1.29 is 35.9 Å². The van der Waals surface area contributed by atoms with Gasteiger partial charge in [0.25, 0.3) is 0 Å². The third-order valence-corrected chi connectivity index (χ3v) is 2.95. The average molecular weight is 293 g/mol.